The van der Waals surface area contributed by atoms with E-state index in [0.717, 1.165) is 4.90 Å². The van der Waals surface area contributed by atoms with Crippen molar-refractivity contribution in [1.82, 2.24) is 15.1 Å². The summed E-state index contributed by atoms with van der Waals surface area (Å²) in [7, 11) is -1.81. The Labute approximate surface area is 258 Å². The molecule has 1 heterocycles. The number of ketones is 1. The molecule has 2 aromatic rings. The van der Waals surface area contributed by atoms with Gasteiger partial charge in [-0.25, -0.2) is 0 Å². The van der Waals surface area contributed by atoms with Crippen molar-refractivity contribution in [1.29, 1.82) is 0 Å². The molecule has 1 N–H and O–H groups in total. The quantitative estimate of drug-likeness (QED) is 0.384. The first-order chi connectivity index (χ1) is 20.4. The van der Waals surface area contributed by atoms with Crippen molar-refractivity contribution in [3.63, 3.8) is 0 Å². The van der Waals surface area contributed by atoms with Gasteiger partial charge >= 0.3 is 6.18 Å². The zero-order valence-corrected chi connectivity index (χ0v) is 27.2. The minimum absolute atomic E-state index is 0.206. The Morgan fingerprint density at radius 2 is 1.50 bits per heavy atom. The summed E-state index contributed by atoms with van der Waals surface area (Å²) in [5.74, 6) is -4.13. The molecule has 3 amide bonds. The van der Waals surface area contributed by atoms with Gasteiger partial charge in [-0.3, -0.25) is 24.1 Å². The average molecular weight is 632 g/mol. The predicted octanol–water partition coefficient (Wildman–Crippen LogP) is 4.71. The van der Waals surface area contributed by atoms with Crippen LogP contribution in [-0.4, -0.2) is 72.8 Å². The molecule has 3 rings (SSSR count). The van der Waals surface area contributed by atoms with Crippen LogP contribution in [0.3, 0.4) is 0 Å². The van der Waals surface area contributed by atoms with Crippen LogP contribution in [0.2, 0.25) is 13.1 Å². The average Bonchev–Trinajstić information content (AvgIpc) is 2.92. The number of alkyl halides is 3. The highest BCUT2D eigenvalue weighted by molar-refractivity contribution is 6.48. The Morgan fingerprint density at radius 3 is 1.98 bits per heavy atom. The summed E-state index contributed by atoms with van der Waals surface area (Å²) in [6, 6.07) is 13.5. The lowest BCUT2D eigenvalue weighted by Gasteiger charge is -2.53. The smallest absolute Gasteiger partial charge is 0.412 e. The molecule has 3 unspecified atom stereocenters. The first kappa shape index (κ1) is 34.7. The molecule has 0 aliphatic carbocycles. The molecule has 1 aliphatic heterocycles. The number of hydrogen-bond acceptors (Lipinski definition) is 5. The highest BCUT2D eigenvalue weighted by Gasteiger charge is 2.55. The van der Waals surface area contributed by atoms with Crippen LogP contribution in [0.5, 0.6) is 0 Å². The number of Topliss-reactive ketones (excluding diaryl/α,β-unsaturated/α-hetero) is 1. The number of hydrogen-bond donors (Lipinski definition) is 1. The number of carbonyl (C=O) groups excluding carboxylic acids is 4. The molecule has 3 atom stereocenters. The van der Waals surface area contributed by atoms with Crippen LogP contribution >= 0.6 is 0 Å². The van der Waals surface area contributed by atoms with Crippen LogP contribution in [0, 0.1) is 5.41 Å². The Kier molecular flexibility index (Phi) is 10.6. The van der Waals surface area contributed by atoms with E-state index in [1.165, 1.54) is 18.0 Å². The second-order valence-electron chi connectivity index (χ2n) is 12.3. The van der Waals surface area contributed by atoms with Crippen LogP contribution in [0.4, 0.5) is 13.2 Å². The van der Waals surface area contributed by atoms with E-state index >= 15 is 0 Å². The number of benzene rings is 2. The Balaban J connectivity index is 2.09. The van der Waals surface area contributed by atoms with Crippen molar-refractivity contribution in [3.8, 4) is 0 Å². The number of halogens is 3. The van der Waals surface area contributed by atoms with Gasteiger partial charge in [0.2, 0.25) is 11.8 Å². The number of nitrogens with zero attached hydrogens (tertiary/aromatic N) is 2. The fourth-order valence-electron chi connectivity index (χ4n) is 5.22. The molecule has 12 heteroatoms. The molecule has 44 heavy (non-hydrogen) atoms. The van der Waals surface area contributed by atoms with Crippen molar-refractivity contribution in [2.45, 2.75) is 78.0 Å². The van der Waals surface area contributed by atoms with Crippen molar-refractivity contribution in [3.05, 3.63) is 78.0 Å². The standard InChI is InChI=1S/C32H40F3N3O5Si/c1-21(39)37-19-25(23-16-12-9-13-17-23)38(29(42)27(37)31(5,30(2,3)4)43-44(6)7)20-26(40)36-24(28(41)32(33,34)35)18-22-14-10-8-11-15-22/h8-17,19,24,27,44H,18,20H2,1-7H3,(H,36,40). The molecule has 0 spiro atoms. The van der Waals surface area contributed by atoms with Gasteiger partial charge in [-0.15, -0.1) is 0 Å². The van der Waals surface area contributed by atoms with Gasteiger partial charge in [0, 0.05) is 19.5 Å². The molecule has 238 valence electrons. The molecular weight excluding hydrogens is 591 g/mol. The molecule has 0 aromatic heterocycles. The summed E-state index contributed by atoms with van der Waals surface area (Å²) >= 11 is 0. The van der Waals surface area contributed by atoms with E-state index in [0.29, 0.717) is 11.1 Å². The highest BCUT2D eigenvalue weighted by atomic mass is 28.3. The molecular formula is C32H40F3N3O5Si. The van der Waals surface area contributed by atoms with Gasteiger partial charge in [0.1, 0.15) is 18.6 Å². The van der Waals surface area contributed by atoms with Gasteiger partial charge in [0.25, 0.3) is 11.7 Å². The molecule has 1 aliphatic rings. The van der Waals surface area contributed by atoms with E-state index in [1.807, 2.05) is 33.9 Å². The van der Waals surface area contributed by atoms with E-state index in [-0.39, 0.29) is 5.70 Å². The SMILES string of the molecule is CC(=O)N1C=C(c2ccccc2)N(CC(=O)NC(Cc2ccccc2)C(=O)C(F)(F)F)C(=O)C1C(C)(O[SiH](C)C)C(C)(C)C. The normalized spacial score (nSPS) is 18.0. The number of nitrogens with one attached hydrogen (secondary N) is 1. The zero-order valence-electron chi connectivity index (χ0n) is 26.1. The maximum Gasteiger partial charge on any atom is 0.452 e. The summed E-state index contributed by atoms with van der Waals surface area (Å²) in [4.78, 5) is 55.8. The van der Waals surface area contributed by atoms with E-state index < -0.39 is 74.8 Å². The Bertz CT molecular complexity index is 1390. The lowest BCUT2D eigenvalue weighted by molar-refractivity contribution is -0.173. The second-order valence-corrected chi connectivity index (χ2v) is 14.7. The fourth-order valence-corrected chi connectivity index (χ4v) is 6.68. The first-order valence-corrected chi connectivity index (χ1v) is 17.1. The Morgan fingerprint density at radius 1 is 0.955 bits per heavy atom. The largest absolute Gasteiger partial charge is 0.452 e. The first-order valence-electron chi connectivity index (χ1n) is 14.4. The third kappa shape index (κ3) is 7.84. The Hall–Kier alpha value is -3.77. The second kappa shape index (κ2) is 13.5. The molecule has 0 bridgehead atoms. The van der Waals surface area contributed by atoms with Crippen LogP contribution in [0.1, 0.15) is 45.7 Å². The van der Waals surface area contributed by atoms with Gasteiger partial charge in [-0.1, -0.05) is 81.4 Å². The maximum atomic E-state index is 14.5. The van der Waals surface area contributed by atoms with Gasteiger partial charge in [0.15, 0.2) is 9.04 Å². The minimum Gasteiger partial charge on any atom is -0.412 e. The summed E-state index contributed by atoms with van der Waals surface area (Å²) < 4.78 is 47.1. The minimum atomic E-state index is -5.19. The molecule has 8 nitrogen and oxygen atoms in total. The van der Waals surface area contributed by atoms with Crippen LogP contribution in [0.25, 0.3) is 5.70 Å². The van der Waals surface area contributed by atoms with Crippen molar-refractivity contribution in [2.24, 2.45) is 5.41 Å². The third-order valence-corrected chi connectivity index (χ3v) is 8.73. The number of amides is 3. The van der Waals surface area contributed by atoms with Gasteiger partial charge < -0.3 is 14.6 Å². The van der Waals surface area contributed by atoms with Crippen LogP contribution in [-0.2, 0) is 30.0 Å². The lowest BCUT2D eigenvalue weighted by atomic mass is 9.71. The highest BCUT2D eigenvalue weighted by Crippen LogP contribution is 2.43. The summed E-state index contributed by atoms with van der Waals surface area (Å²) in [6.45, 7) is 11.9. The monoisotopic (exact) mass is 631 g/mol. The molecule has 2 aromatic carbocycles. The molecule has 0 saturated carbocycles. The molecule has 0 fully saturated rings. The van der Waals surface area contributed by atoms with E-state index in [2.05, 4.69) is 5.32 Å². The van der Waals surface area contributed by atoms with Crippen LogP contribution in [0.15, 0.2) is 66.9 Å². The predicted molar refractivity (Wildman–Crippen MR) is 163 cm³/mol. The van der Waals surface area contributed by atoms with Crippen molar-refractivity contribution < 1.29 is 36.8 Å². The lowest BCUT2D eigenvalue weighted by Crippen LogP contribution is -2.67. The van der Waals surface area contributed by atoms with Crippen LogP contribution < -0.4 is 5.32 Å². The summed E-state index contributed by atoms with van der Waals surface area (Å²) in [5, 5.41) is 2.23. The van der Waals surface area contributed by atoms with E-state index in [4.69, 9.17) is 4.43 Å². The molecule has 0 radical (unpaired) electrons. The van der Waals surface area contributed by atoms with Crippen molar-refractivity contribution in [2.75, 3.05) is 6.54 Å². The van der Waals surface area contributed by atoms with E-state index in [9.17, 15) is 32.3 Å². The van der Waals surface area contributed by atoms with Gasteiger partial charge in [-0.05, 0) is 36.6 Å². The number of carbonyl (C=O) groups is 4. The number of rotatable bonds is 10. The topological polar surface area (TPSA) is 96.0 Å². The van der Waals surface area contributed by atoms with Gasteiger partial charge in [0.05, 0.1) is 11.3 Å². The summed E-state index contributed by atoms with van der Waals surface area (Å²) in [5.41, 5.74) is -0.739. The van der Waals surface area contributed by atoms with Gasteiger partial charge in [-0.2, -0.15) is 13.2 Å². The zero-order chi connectivity index (χ0) is 33.0. The maximum absolute atomic E-state index is 14.5. The summed E-state index contributed by atoms with van der Waals surface area (Å²) in [6.07, 6.45) is -4.10. The van der Waals surface area contributed by atoms with E-state index in [1.54, 1.807) is 67.6 Å². The molecule has 0 saturated heterocycles. The third-order valence-electron chi connectivity index (χ3n) is 7.77. The van der Waals surface area contributed by atoms with Crippen molar-refractivity contribution >= 4 is 38.2 Å². The fraction of sp³-hybridized carbons (Fsp3) is 0.438.